The number of nitrogens with zero attached hydrogens (tertiary/aromatic N) is 1. The van der Waals surface area contributed by atoms with Gasteiger partial charge in [0.05, 0.1) is 7.11 Å². The molecule has 2 bridgehead atoms. The second kappa shape index (κ2) is 6.45. The molecular formula is C20H29NO. The number of fused-ring (bicyclic) bond motifs is 2. The fourth-order valence-corrected chi connectivity index (χ4v) is 4.34. The van der Waals surface area contributed by atoms with Crippen LogP contribution in [0.1, 0.15) is 51.5 Å². The maximum Gasteiger partial charge on any atom is 0.119 e. The Kier molecular flexibility index (Phi) is 4.58. The second-order valence-electron chi connectivity index (χ2n) is 7.29. The molecule has 3 rings (SSSR count). The molecule has 1 aliphatic heterocycles. The number of rotatable bonds is 4. The molecule has 2 unspecified atom stereocenters. The average Bonchev–Trinajstić information content (AvgIpc) is 2.86. The summed E-state index contributed by atoms with van der Waals surface area (Å²) in [5, 5.41) is 0. The van der Waals surface area contributed by atoms with Crippen molar-refractivity contribution in [1.82, 2.24) is 4.90 Å². The zero-order valence-electron chi connectivity index (χ0n) is 14.3. The number of hydrogen-bond acceptors (Lipinski definition) is 2. The van der Waals surface area contributed by atoms with Crippen molar-refractivity contribution in [3.05, 3.63) is 41.5 Å². The van der Waals surface area contributed by atoms with Crippen molar-refractivity contribution in [2.75, 3.05) is 20.2 Å². The average molecular weight is 299 g/mol. The maximum absolute atomic E-state index is 5.45. The summed E-state index contributed by atoms with van der Waals surface area (Å²) in [7, 11) is 1.77. The van der Waals surface area contributed by atoms with Crippen molar-refractivity contribution in [3.8, 4) is 5.75 Å². The van der Waals surface area contributed by atoms with Crippen LogP contribution in [0.15, 0.2) is 35.9 Å². The fourth-order valence-electron chi connectivity index (χ4n) is 4.34. The van der Waals surface area contributed by atoms with Gasteiger partial charge in [0, 0.05) is 12.6 Å². The highest BCUT2D eigenvalue weighted by molar-refractivity contribution is 5.35. The van der Waals surface area contributed by atoms with Gasteiger partial charge in [0.2, 0.25) is 0 Å². The van der Waals surface area contributed by atoms with Crippen LogP contribution in [0.3, 0.4) is 0 Å². The van der Waals surface area contributed by atoms with E-state index in [4.69, 9.17) is 4.74 Å². The summed E-state index contributed by atoms with van der Waals surface area (Å²) in [6, 6.07) is 9.56. The molecule has 2 heteroatoms. The highest BCUT2D eigenvalue weighted by Gasteiger charge is 2.44. The molecule has 0 spiro atoms. The van der Waals surface area contributed by atoms with Crippen LogP contribution in [-0.4, -0.2) is 31.1 Å². The van der Waals surface area contributed by atoms with Crippen LogP contribution in [0.5, 0.6) is 5.75 Å². The molecule has 0 radical (unpaired) electrons. The molecule has 0 amide bonds. The van der Waals surface area contributed by atoms with E-state index in [-0.39, 0.29) is 0 Å². The molecule has 2 atom stereocenters. The number of likely N-dealkylation sites (tertiary alicyclic amines) is 1. The van der Waals surface area contributed by atoms with Crippen LogP contribution in [0, 0.1) is 0 Å². The lowest BCUT2D eigenvalue weighted by Crippen LogP contribution is -2.33. The van der Waals surface area contributed by atoms with E-state index in [1.165, 1.54) is 49.8 Å². The summed E-state index contributed by atoms with van der Waals surface area (Å²) in [6.45, 7) is 6.78. The summed E-state index contributed by atoms with van der Waals surface area (Å²) in [6.07, 6.45) is 9.00. The molecule has 1 heterocycles. The van der Waals surface area contributed by atoms with E-state index in [2.05, 4.69) is 49.1 Å². The zero-order chi connectivity index (χ0) is 15.6. The Balaban J connectivity index is 1.80. The summed E-state index contributed by atoms with van der Waals surface area (Å²) in [5.74, 6) is 1.00. The van der Waals surface area contributed by atoms with Gasteiger partial charge in [-0.15, -0.1) is 0 Å². The molecule has 22 heavy (non-hydrogen) atoms. The predicted molar refractivity (Wildman–Crippen MR) is 92.5 cm³/mol. The largest absolute Gasteiger partial charge is 0.497 e. The quantitative estimate of drug-likeness (QED) is 0.756. The number of allylic oxidation sites excluding steroid dienone is 1. The molecule has 1 saturated heterocycles. The van der Waals surface area contributed by atoms with Crippen molar-refractivity contribution in [3.63, 3.8) is 0 Å². The number of ether oxygens (including phenoxy) is 1. The van der Waals surface area contributed by atoms with Crippen LogP contribution < -0.4 is 4.74 Å². The molecule has 0 aromatic heterocycles. The minimum atomic E-state index is 0.388. The van der Waals surface area contributed by atoms with Gasteiger partial charge in [-0.2, -0.15) is 0 Å². The maximum atomic E-state index is 5.45. The number of methoxy groups -OCH3 is 1. The van der Waals surface area contributed by atoms with Gasteiger partial charge in [-0.1, -0.05) is 23.8 Å². The van der Waals surface area contributed by atoms with Gasteiger partial charge >= 0.3 is 0 Å². The number of hydrogen-bond donors (Lipinski definition) is 0. The van der Waals surface area contributed by atoms with Gasteiger partial charge in [-0.25, -0.2) is 0 Å². The van der Waals surface area contributed by atoms with Crippen molar-refractivity contribution in [1.29, 1.82) is 0 Å². The third-order valence-corrected chi connectivity index (χ3v) is 5.62. The first kappa shape index (κ1) is 15.6. The van der Waals surface area contributed by atoms with E-state index < -0.39 is 0 Å². The fraction of sp³-hybridized carbons (Fsp3) is 0.600. The van der Waals surface area contributed by atoms with Gasteiger partial charge in [-0.05, 0) is 75.6 Å². The van der Waals surface area contributed by atoms with E-state index in [1.807, 2.05) is 0 Å². The van der Waals surface area contributed by atoms with Crippen molar-refractivity contribution in [2.24, 2.45) is 0 Å². The summed E-state index contributed by atoms with van der Waals surface area (Å²) >= 11 is 0. The van der Waals surface area contributed by atoms with Gasteiger partial charge in [0.25, 0.3) is 0 Å². The Hall–Kier alpha value is -1.28. The Morgan fingerprint density at radius 1 is 1.36 bits per heavy atom. The van der Waals surface area contributed by atoms with Gasteiger partial charge < -0.3 is 4.74 Å². The Morgan fingerprint density at radius 3 is 3.00 bits per heavy atom. The van der Waals surface area contributed by atoms with Gasteiger partial charge in [0.15, 0.2) is 0 Å². The van der Waals surface area contributed by atoms with E-state index in [1.54, 1.807) is 7.11 Å². The lowest BCUT2D eigenvalue weighted by molar-refractivity contribution is 0.226. The van der Waals surface area contributed by atoms with Crippen molar-refractivity contribution < 1.29 is 4.74 Å². The van der Waals surface area contributed by atoms with Crippen LogP contribution >= 0.6 is 0 Å². The SMILES string of the molecule is COc1cccc(C23CCCN(CC=C(C)C)C(CC2)C3)c1. The third kappa shape index (κ3) is 3.08. The first-order chi connectivity index (χ1) is 10.6. The molecule has 120 valence electrons. The van der Waals surface area contributed by atoms with Crippen LogP contribution in [0.25, 0.3) is 0 Å². The van der Waals surface area contributed by atoms with Crippen LogP contribution in [-0.2, 0) is 5.41 Å². The first-order valence-corrected chi connectivity index (χ1v) is 8.65. The van der Waals surface area contributed by atoms with Gasteiger partial charge in [-0.3, -0.25) is 4.90 Å². The Morgan fingerprint density at radius 2 is 2.23 bits per heavy atom. The predicted octanol–water partition coefficient (Wildman–Crippen LogP) is 4.55. The first-order valence-electron chi connectivity index (χ1n) is 8.65. The zero-order valence-corrected chi connectivity index (χ0v) is 14.3. The minimum Gasteiger partial charge on any atom is -0.497 e. The van der Waals surface area contributed by atoms with E-state index in [0.29, 0.717) is 5.41 Å². The summed E-state index contributed by atoms with van der Waals surface area (Å²) in [4.78, 5) is 2.71. The third-order valence-electron chi connectivity index (χ3n) is 5.62. The molecule has 2 nitrogen and oxygen atoms in total. The van der Waals surface area contributed by atoms with Crippen LogP contribution in [0.2, 0.25) is 0 Å². The van der Waals surface area contributed by atoms with E-state index in [9.17, 15) is 0 Å². The monoisotopic (exact) mass is 299 g/mol. The highest BCUT2D eigenvalue weighted by Crippen LogP contribution is 2.48. The smallest absolute Gasteiger partial charge is 0.119 e. The standard InChI is InChI=1S/C20H29NO/c1-16(2)9-13-21-12-5-10-20(11-8-18(21)15-20)17-6-4-7-19(14-17)22-3/h4,6-7,9,14,18H,5,8,10-13,15H2,1-3H3. The Labute approximate surface area is 135 Å². The number of benzene rings is 1. The topological polar surface area (TPSA) is 12.5 Å². The van der Waals surface area contributed by atoms with E-state index in [0.717, 1.165) is 18.3 Å². The van der Waals surface area contributed by atoms with Crippen molar-refractivity contribution in [2.45, 2.75) is 57.4 Å². The summed E-state index contributed by atoms with van der Waals surface area (Å²) in [5.41, 5.74) is 3.32. The molecule has 2 aliphatic rings. The van der Waals surface area contributed by atoms with Crippen molar-refractivity contribution >= 4 is 0 Å². The lowest BCUT2D eigenvalue weighted by atomic mass is 9.75. The molecule has 1 aromatic rings. The minimum absolute atomic E-state index is 0.388. The molecule has 2 fully saturated rings. The molecule has 1 aromatic carbocycles. The molecule has 0 N–H and O–H groups in total. The highest BCUT2D eigenvalue weighted by atomic mass is 16.5. The lowest BCUT2D eigenvalue weighted by Gasteiger charge is -2.29. The normalized spacial score (nSPS) is 28.2. The van der Waals surface area contributed by atoms with Crippen LogP contribution in [0.4, 0.5) is 0 Å². The van der Waals surface area contributed by atoms with Gasteiger partial charge in [0.1, 0.15) is 5.75 Å². The summed E-state index contributed by atoms with van der Waals surface area (Å²) < 4.78 is 5.45. The molecular weight excluding hydrogens is 270 g/mol. The Bertz CT molecular complexity index is 546. The molecule has 1 aliphatic carbocycles. The van der Waals surface area contributed by atoms with E-state index >= 15 is 0 Å². The second-order valence-corrected chi connectivity index (χ2v) is 7.29. The molecule has 1 saturated carbocycles.